The van der Waals surface area contributed by atoms with Crippen LogP contribution in [0.5, 0.6) is 5.75 Å². The van der Waals surface area contributed by atoms with Crippen LogP contribution in [0, 0.1) is 0 Å². The number of rotatable bonds is 9. The van der Waals surface area contributed by atoms with E-state index >= 15 is 0 Å². The predicted molar refractivity (Wildman–Crippen MR) is 84.0 cm³/mol. The van der Waals surface area contributed by atoms with Crippen molar-refractivity contribution in [3.05, 3.63) is 29.8 Å². The Morgan fingerprint density at radius 1 is 1.30 bits per heavy atom. The highest BCUT2D eigenvalue weighted by Gasteiger charge is 2.34. The Morgan fingerprint density at radius 3 is 2.65 bits per heavy atom. The molecule has 0 aromatic heterocycles. The molecule has 1 atom stereocenters. The van der Waals surface area contributed by atoms with Crippen LogP contribution in [0.3, 0.4) is 0 Å². The highest BCUT2D eigenvalue weighted by atomic mass is 16.5. The van der Waals surface area contributed by atoms with Crippen LogP contribution in [0.25, 0.3) is 0 Å². The Morgan fingerprint density at radius 2 is 2.05 bits per heavy atom. The largest absolute Gasteiger partial charge is 0.494 e. The van der Waals surface area contributed by atoms with Crippen molar-refractivity contribution in [3.63, 3.8) is 0 Å². The maximum Gasteiger partial charge on any atom is 0.124 e. The van der Waals surface area contributed by atoms with Crippen LogP contribution >= 0.6 is 0 Å². The second-order valence-corrected chi connectivity index (χ2v) is 5.54. The summed E-state index contributed by atoms with van der Waals surface area (Å²) < 4.78 is 5.79. The van der Waals surface area contributed by atoms with Gasteiger partial charge in [0.05, 0.1) is 12.6 Å². The molecule has 0 radical (unpaired) electrons. The molecule has 2 N–H and O–H groups in total. The summed E-state index contributed by atoms with van der Waals surface area (Å²) in [5.74, 6) is 0.993. The molecule has 0 heterocycles. The summed E-state index contributed by atoms with van der Waals surface area (Å²) in [5.41, 5.74) is 7.36. The van der Waals surface area contributed by atoms with Gasteiger partial charge in [-0.25, -0.2) is 0 Å². The molecule has 20 heavy (non-hydrogen) atoms. The van der Waals surface area contributed by atoms with Crippen LogP contribution in [0.1, 0.15) is 51.1 Å². The molecule has 3 heteroatoms. The summed E-state index contributed by atoms with van der Waals surface area (Å²) in [6.45, 7) is 6.78. The van der Waals surface area contributed by atoms with E-state index in [2.05, 4.69) is 30.0 Å². The van der Waals surface area contributed by atoms with Crippen molar-refractivity contribution in [2.75, 3.05) is 19.7 Å². The number of benzene rings is 1. The molecule has 0 amide bonds. The van der Waals surface area contributed by atoms with Crippen molar-refractivity contribution in [2.45, 2.75) is 51.6 Å². The third-order valence-corrected chi connectivity index (χ3v) is 3.99. The number of ether oxygens (including phenoxy) is 1. The second kappa shape index (κ2) is 7.65. The van der Waals surface area contributed by atoms with Crippen molar-refractivity contribution in [1.82, 2.24) is 4.90 Å². The molecular formula is C17H28N2O. The molecule has 0 aliphatic heterocycles. The molecule has 1 aliphatic carbocycles. The molecule has 2 rings (SSSR count). The summed E-state index contributed by atoms with van der Waals surface area (Å²) in [6, 6.07) is 9.37. The normalized spacial score (nSPS) is 16.4. The molecule has 112 valence electrons. The topological polar surface area (TPSA) is 38.5 Å². The molecule has 0 saturated heterocycles. The van der Waals surface area contributed by atoms with Gasteiger partial charge in [-0.1, -0.05) is 31.5 Å². The van der Waals surface area contributed by atoms with E-state index < -0.39 is 0 Å². The quantitative estimate of drug-likeness (QED) is 0.751. The summed E-state index contributed by atoms with van der Waals surface area (Å²) in [5, 5.41) is 0. The number of hydrogen-bond acceptors (Lipinski definition) is 3. The molecule has 1 aromatic carbocycles. The van der Waals surface area contributed by atoms with E-state index in [0.717, 1.165) is 18.3 Å². The first-order valence-electron chi connectivity index (χ1n) is 7.99. The van der Waals surface area contributed by atoms with E-state index in [9.17, 15) is 0 Å². The molecule has 0 bridgehead atoms. The minimum atomic E-state index is 0.289. The Kier molecular flexibility index (Phi) is 5.86. The standard InChI is InChI=1S/C17H28N2O/c1-3-5-12-19(14-10-11-14)16(13-18)15-8-6-7-9-17(15)20-4-2/h6-9,14,16H,3-5,10-13,18H2,1-2H3. The maximum atomic E-state index is 6.11. The van der Waals surface area contributed by atoms with Gasteiger partial charge in [0.15, 0.2) is 0 Å². The van der Waals surface area contributed by atoms with Crippen molar-refractivity contribution in [1.29, 1.82) is 0 Å². The minimum absolute atomic E-state index is 0.289. The first-order chi connectivity index (χ1) is 9.81. The zero-order valence-corrected chi connectivity index (χ0v) is 12.8. The third kappa shape index (κ3) is 3.74. The van der Waals surface area contributed by atoms with Gasteiger partial charge in [0.2, 0.25) is 0 Å². The van der Waals surface area contributed by atoms with E-state index in [0.29, 0.717) is 13.2 Å². The van der Waals surface area contributed by atoms with Gasteiger partial charge in [0.1, 0.15) is 5.75 Å². The molecule has 0 spiro atoms. The van der Waals surface area contributed by atoms with Crippen LogP contribution in [0.2, 0.25) is 0 Å². The molecule has 1 fully saturated rings. The summed E-state index contributed by atoms with van der Waals surface area (Å²) in [6.07, 6.45) is 5.10. The molecular weight excluding hydrogens is 248 g/mol. The maximum absolute atomic E-state index is 6.11. The Bertz CT molecular complexity index is 404. The lowest BCUT2D eigenvalue weighted by atomic mass is 10.0. The van der Waals surface area contributed by atoms with E-state index in [4.69, 9.17) is 10.5 Å². The monoisotopic (exact) mass is 276 g/mol. The molecule has 1 saturated carbocycles. The van der Waals surface area contributed by atoms with Crippen LogP contribution in [-0.4, -0.2) is 30.6 Å². The zero-order chi connectivity index (χ0) is 14.4. The number of nitrogens with zero attached hydrogens (tertiary/aromatic N) is 1. The van der Waals surface area contributed by atoms with E-state index in [1.165, 1.54) is 31.2 Å². The predicted octanol–water partition coefficient (Wildman–Crippen LogP) is 3.35. The van der Waals surface area contributed by atoms with Gasteiger partial charge in [-0.2, -0.15) is 0 Å². The fraction of sp³-hybridized carbons (Fsp3) is 0.647. The van der Waals surface area contributed by atoms with Crippen molar-refractivity contribution in [2.24, 2.45) is 5.73 Å². The van der Waals surface area contributed by atoms with Gasteiger partial charge < -0.3 is 10.5 Å². The van der Waals surface area contributed by atoms with Crippen LogP contribution in [0.15, 0.2) is 24.3 Å². The smallest absolute Gasteiger partial charge is 0.124 e. The highest BCUT2D eigenvalue weighted by Crippen LogP contribution is 2.37. The van der Waals surface area contributed by atoms with E-state index in [1.807, 2.05) is 13.0 Å². The molecule has 3 nitrogen and oxygen atoms in total. The third-order valence-electron chi connectivity index (χ3n) is 3.99. The lowest BCUT2D eigenvalue weighted by Gasteiger charge is -2.32. The lowest BCUT2D eigenvalue weighted by molar-refractivity contribution is 0.183. The van der Waals surface area contributed by atoms with Crippen molar-refractivity contribution < 1.29 is 4.74 Å². The SMILES string of the molecule is CCCCN(C1CC1)C(CN)c1ccccc1OCC. The minimum Gasteiger partial charge on any atom is -0.494 e. The lowest BCUT2D eigenvalue weighted by Crippen LogP contribution is -2.36. The van der Waals surface area contributed by atoms with Crippen LogP contribution < -0.4 is 10.5 Å². The first-order valence-corrected chi connectivity index (χ1v) is 7.99. The Labute approximate surface area is 123 Å². The molecule has 1 aromatic rings. The zero-order valence-electron chi connectivity index (χ0n) is 12.8. The molecule has 1 aliphatic rings. The molecule has 1 unspecified atom stereocenters. The van der Waals surface area contributed by atoms with Gasteiger partial charge in [-0.3, -0.25) is 4.90 Å². The van der Waals surface area contributed by atoms with Gasteiger partial charge in [-0.05, 0) is 38.8 Å². The number of unbranched alkanes of at least 4 members (excludes halogenated alkanes) is 1. The fourth-order valence-electron chi connectivity index (χ4n) is 2.82. The summed E-state index contributed by atoms with van der Waals surface area (Å²) in [7, 11) is 0. The second-order valence-electron chi connectivity index (χ2n) is 5.54. The number of hydrogen-bond donors (Lipinski definition) is 1. The van der Waals surface area contributed by atoms with Crippen LogP contribution in [0.4, 0.5) is 0 Å². The number of para-hydroxylation sites is 1. The summed E-state index contributed by atoms with van der Waals surface area (Å²) in [4.78, 5) is 2.60. The highest BCUT2D eigenvalue weighted by molar-refractivity contribution is 5.36. The number of nitrogens with two attached hydrogens (primary N) is 1. The van der Waals surface area contributed by atoms with Gasteiger partial charge in [-0.15, -0.1) is 0 Å². The van der Waals surface area contributed by atoms with E-state index in [1.54, 1.807) is 0 Å². The Hall–Kier alpha value is -1.06. The first kappa shape index (κ1) is 15.3. The van der Waals surface area contributed by atoms with Gasteiger partial charge in [0.25, 0.3) is 0 Å². The average molecular weight is 276 g/mol. The van der Waals surface area contributed by atoms with Crippen molar-refractivity contribution >= 4 is 0 Å². The Balaban J connectivity index is 2.20. The average Bonchev–Trinajstić information content (AvgIpc) is 3.29. The fourth-order valence-corrected chi connectivity index (χ4v) is 2.82. The van der Waals surface area contributed by atoms with Crippen molar-refractivity contribution in [3.8, 4) is 5.75 Å². The van der Waals surface area contributed by atoms with Crippen LogP contribution in [-0.2, 0) is 0 Å². The van der Waals surface area contributed by atoms with Gasteiger partial charge >= 0.3 is 0 Å². The van der Waals surface area contributed by atoms with Gasteiger partial charge in [0, 0.05) is 18.2 Å². The van der Waals surface area contributed by atoms with E-state index in [-0.39, 0.29) is 6.04 Å². The summed E-state index contributed by atoms with van der Waals surface area (Å²) >= 11 is 0.